The van der Waals surface area contributed by atoms with Crippen LogP contribution in [-0.2, 0) is 19.6 Å². The second-order valence-electron chi connectivity index (χ2n) is 18.4. The van der Waals surface area contributed by atoms with Crippen LogP contribution in [0, 0.1) is 0 Å². The van der Waals surface area contributed by atoms with Crippen molar-refractivity contribution in [1.29, 1.82) is 0 Å². The Balaban J connectivity index is 0.000000131. The van der Waals surface area contributed by atoms with Crippen LogP contribution < -0.4 is 59.1 Å². The number of fused-ring (bicyclic) bond motifs is 6. The molecule has 0 aliphatic carbocycles. The lowest BCUT2D eigenvalue weighted by Gasteiger charge is -2.35. The first-order chi connectivity index (χ1) is 33.9. The zero-order chi connectivity index (χ0) is 48.8. The Morgan fingerprint density at radius 1 is 0.394 bits per heavy atom. The molecule has 6 heterocycles. The van der Waals surface area contributed by atoms with Gasteiger partial charge in [-0.05, 0) is 108 Å². The van der Waals surface area contributed by atoms with Gasteiger partial charge < -0.3 is 59.1 Å². The van der Waals surface area contributed by atoms with Crippen molar-refractivity contribution >= 4 is 68.9 Å². The van der Waals surface area contributed by atoms with Gasteiger partial charge in [-0.1, -0.05) is 25.6 Å². The van der Waals surface area contributed by atoms with Crippen LogP contribution in [0.5, 0.6) is 17.2 Å². The Bertz CT molecular complexity index is 2900. The Hall–Kier alpha value is -8.07. The smallest absolute Gasteiger partial charge is 0.259 e. The van der Waals surface area contributed by atoms with Crippen molar-refractivity contribution in [3.8, 4) is 17.2 Å². The molecule has 0 bridgehead atoms. The molecular weight excluding hydrogens is 895 g/mol. The Morgan fingerprint density at radius 3 is 1.11 bits per heavy atom. The third kappa shape index (κ3) is 9.03. The zero-order valence-corrected chi connectivity index (χ0v) is 40.8. The average Bonchev–Trinajstić information content (AvgIpc) is 4.04. The minimum Gasteiger partial charge on any atom is -0.497 e. The van der Waals surface area contributed by atoms with Gasteiger partial charge in [0.2, 0.25) is 0 Å². The highest BCUT2D eigenvalue weighted by Crippen LogP contribution is 2.40. The van der Waals surface area contributed by atoms with Crippen LogP contribution in [0.2, 0.25) is 0 Å². The molecule has 12 rings (SSSR count). The number of carbonyl (C=O) groups is 3. The van der Waals surface area contributed by atoms with Gasteiger partial charge >= 0.3 is 0 Å². The van der Waals surface area contributed by atoms with Crippen molar-refractivity contribution in [1.82, 2.24) is 0 Å². The predicted octanol–water partition coefficient (Wildman–Crippen LogP) is 8.81. The second-order valence-corrected chi connectivity index (χ2v) is 18.4. The number of anilines is 9. The number of benzene rings is 6. The minimum atomic E-state index is 0. The van der Waals surface area contributed by atoms with Crippen molar-refractivity contribution in [2.24, 2.45) is 0 Å². The fraction of sp³-hybridized carbons (Fsp3) is 0.304. The largest absolute Gasteiger partial charge is 0.497 e. The lowest BCUT2D eigenvalue weighted by atomic mass is 10.1. The maximum atomic E-state index is 12.8. The standard InChI is InChI=1S/2C19H21N3O2.C17H17N3O2.CH4/c2*1-20-8-9-21(2)18-10-14(5-7-17(18)20)22-12-13-4-6-15(24-3)11-16(13)19(22)23;1-22-13-4-2-11-10-20(17(21)14(11)9-13)12-3-5-15-16(8-12)19-7-6-18-15;/h2*4-7,10-11H,8-9,12H2,1-3H3;2-5,8-9,18-19H,6-7,10H2,1H3;1H4. The quantitative estimate of drug-likeness (QED) is 0.166. The van der Waals surface area contributed by atoms with E-state index in [0.717, 1.165) is 113 Å². The van der Waals surface area contributed by atoms with E-state index in [0.29, 0.717) is 25.4 Å². The molecule has 6 aliphatic heterocycles. The number of carbonyl (C=O) groups excluding carboxylic acids is 3. The molecule has 0 unspecified atom stereocenters. The summed E-state index contributed by atoms with van der Waals surface area (Å²) >= 11 is 0. The van der Waals surface area contributed by atoms with Crippen LogP contribution in [0.4, 0.5) is 51.2 Å². The fourth-order valence-electron chi connectivity index (χ4n) is 9.94. The van der Waals surface area contributed by atoms with Crippen LogP contribution in [-0.4, -0.2) is 107 Å². The monoisotopic (exact) mass is 957 g/mol. The maximum absolute atomic E-state index is 12.8. The zero-order valence-electron chi connectivity index (χ0n) is 40.8. The molecule has 0 aromatic heterocycles. The van der Waals surface area contributed by atoms with Gasteiger partial charge in [0.25, 0.3) is 17.7 Å². The molecule has 0 saturated heterocycles. The summed E-state index contributed by atoms with van der Waals surface area (Å²) in [5.74, 6) is 2.25. The highest BCUT2D eigenvalue weighted by molar-refractivity contribution is 6.12. The van der Waals surface area contributed by atoms with Crippen LogP contribution in [0.25, 0.3) is 0 Å². The van der Waals surface area contributed by atoms with Crippen LogP contribution in [0.3, 0.4) is 0 Å². The summed E-state index contributed by atoms with van der Waals surface area (Å²) in [6.07, 6.45) is 0. The van der Waals surface area contributed by atoms with E-state index in [1.807, 2.05) is 94.7 Å². The lowest BCUT2D eigenvalue weighted by Crippen LogP contribution is -2.37. The first-order valence-electron chi connectivity index (χ1n) is 23.6. The van der Waals surface area contributed by atoms with E-state index in [2.05, 4.69) is 82.7 Å². The number of ether oxygens (including phenoxy) is 3. The highest BCUT2D eigenvalue weighted by atomic mass is 16.5. The van der Waals surface area contributed by atoms with E-state index >= 15 is 0 Å². The van der Waals surface area contributed by atoms with Crippen LogP contribution in [0.15, 0.2) is 109 Å². The summed E-state index contributed by atoms with van der Waals surface area (Å²) in [6, 6.07) is 35.7. The Kier molecular flexibility index (Phi) is 13.3. The lowest BCUT2D eigenvalue weighted by molar-refractivity contribution is 0.0988. The topological polar surface area (TPSA) is 126 Å². The van der Waals surface area contributed by atoms with E-state index in [-0.39, 0.29) is 25.1 Å². The van der Waals surface area contributed by atoms with Gasteiger partial charge in [0.1, 0.15) is 17.2 Å². The SMILES string of the molecule is C.COc1ccc2c(c1)C(=O)N(c1ccc3c(c1)N(C)CCN3C)C2.COc1ccc2c(c1)C(=O)N(c1ccc3c(c1)N(C)CCN3C)C2.COc1ccc2c(c1)C(=O)N(c1ccc3c(c1)NCCN3)C2. The van der Waals surface area contributed by atoms with Crippen molar-refractivity contribution in [3.05, 3.63) is 143 Å². The summed E-state index contributed by atoms with van der Waals surface area (Å²) in [7, 11) is 13.3. The van der Waals surface area contributed by atoms with E-state index in [9.17, 15) is 14.4 Å². The Morgan fingerprint density at radius 2 is 0.732 bits per heavy atom. The number of nitrogens with zero attached hydrogens (tertiary/aromatic N) is 7. The van der Waals surface area contributed by atoms with Crippen molar-refractivity contribution in [2.45, 2.75) is 27.1 Å². The normalized spacial score (nSPS) is 15.9. The van der Waals surface area contributed by atoms with E-state index in [1.54, 1.807) is 26.2 Å². The number of rotatable bonds is 6. The summed E-state index contributed by atoms with van der Waals surface area (Å²) in [6.45, 7) is 7.61. The summed E-state index contributed by atoms with van der Waals surface area (Å²) in [5, 5.41) is 6.70. The average molecular weight is 958 g/mol. The first kappa shape index (κ1) is 48.0. The minimum absolute atomic E-state index is 0. The van der Waals surface area contributed by atoms with Gasteiger partial charge in [-0.25, -0.2) is 0 Å². The van der Waals surface area contributed by atoms with E-state index in [4.69, 9.17) is 14.2 Å². The molecule has 15 heteroatoms. The Labute approximate surface area is 416 Å². The van der Waals surface area contributed by atoms with Gasteiger partial charge in [0.05, 0.1) is 75.1 Å². The van der Waals surface area contributed by atoms with Crippen LogP contribution >= 0.6 is 0 Å². The van der Waals surface area contributed by atoms with Crippen molar-refractivity contribution in [3.63, 3.8) is 0 Å². The summed E-state index contributed by atoms with van der Waals surface area (Å²) in [5.41, 5.74) is 15.0. The number of amides is 3. The molecule has 0 atom stereocenters. The molecule has 2 N–H and O–H groups in total. The van der Waals surface area contributed by atoms with Crippen molar-refractivity contribution in [2.75, 3.05) is 134 Å². The molecule has 0 fully saturated rings. The second kappa shape index (κ2) is 19.7. The van der Waals surface area contributed by atoms with Crippen molar-refractivity contribution < 1.29 is 28.6 Å². The number of hydrogen-bond acceptors (Lipinski definition) is 12. The van der Waals surface area contributed by atoms with Gasteiger partial charge in [-0.15, -0.1) is 0 Å². The number of nitrogens with one attached hydrogen (secondary N) is 2. The van der Waals surface area contributed by atoms with Gasteiger partial charge in [-0.3, -0.25) is 14.4 Å². The first-order valence-corrected chi connectivity index (χ1v) is 23.6. The maximum Gasteiger partial charge on any atom is 0.259 e. The molecule has 6 aromatic carbocycles. The van der Waals surface area contributed by atoms with Gasteiger partial charge in [0.15, 0.2) is 0 Å². The van der Waals surface area contributed by atoms with Crippen LogP contribution in [0.1, 0.15) is 55.2 Å². The molecule has 6 aliphatic rings. The fourth-order valence-corrected chi connectivity index (χ4v) is 9.94. The third-order valence-electron chi connectivity index (χ3n) is 14.2. The molecule has 6 aromatic rings. The molecule has 368 valence electrons. The summed E-state index contributed by atoms with van der Waals surface area (Å²) < 4.78 is 15.7. The third-order valence-corrected chi connectivity index (χ3v) is 14.2. The van der Waals surface area contributed by atoms with E-state index in [1.165, 1.54) is 22.7 Å². The van der Waals surface area contributed by atoms with Gasteiger partial charge in [0, 0.05) is 101 Å². The summed E-state index contributed by atoms with van der Waals surface area (Å²) in [4.78, 5) is 52.8. The molecule has 71 heavy (non-hydrogen) atoms. The van der Waals surface area contributed by atoms with E-state index < -0.39 is 0 Å². The number of hydrogen-bond donors (Lipinski definition) is 2. The molecule has 0 saturated carbocycles. The molecule has 0 radical (unpaired) electrons. The van der Waals surface area contributed by atoms with Gasteiger partial charge in [-0.2, -0.15) is 0 Å². The molecule has 0 spiro atoms. The molecule has 3 amide bonds. The molecule has 15 nitrogen and oxygen atoms in total. The number of methoxy groups -OCH3 is 3. The highest BCUT2D eigenvalue weighted by Gasteiger charge is 2.33. The number of likely N-dealkylation sites (N-methyl/N-ethyl adjacent to an activating group) is 4. The molecular formula is C56H63N9O6. The predicted molar refractivity (Wildman–Crippen MR) is 287 cm³/mol.